The van der Waals surface area contributed by atoms with E-state index in [1.165, 1.54) is 4.90 Å². The van der Waals surface area contributed by atoms with E-state index >= 15 is 0 Å². The van der Waals surface area contributed by atoms with E-state index < -0.39 is 18.8 Å². The molecule has 0 bridgehead atoms. The van der Waals surface area contributed by atoms with Gasteiger partial charge in [0.1, 0.15) is 0 Å². The Labute approximate surface area is 103 Å². The molecule has 0 aliphatic rings. The largest absolute Gasteiger partial charge is 0.415 e. The monoisotopic (exact) mass is 263 g/mol. The molecule has 1 rings (SSSR count). The Hall–Kier alpha value is -1.11. The van der Waals surface area contributed by atoms with E-state index in [0.29, 0.717) is 0 Å². The van der Waals surface area contributed by atoms with Crippen molar-refractivity contribution in [1.82, 2.24) is 4.90 Å². The molecule has 0 spiro atoms. The molecule has 1 aromatic carbocycles. The Bertz CT molecular complexity index is 343. The first kappa shape index (κ1) is 14.9. The number of hydrogen-bond acceptors (Lipinski definition) is 3. The molecule has 0 aromatic heterocycles. The molecule has 0 heterocycles. The van der Waals surface area contributed by atoms with E-state index in [9.17, 15) is 13.2 Å². The van der Waals surface area contributed by atoms with Gasteiger partial charge in [-0.3, -0.25) is 4.90 Å². The van der Waals surface area contributed by atoms with Gasteiger partial charge in [-0.05, 0) is 5.56 Å². The lowest BCUT2D eigenvalue weighted by molar-refractivity contribution is -0.208. The van der Waals surface area contributed by atoms with Gasteiger partial charge < -0.3 is 10.2 Å². The zero-order chi connectivity index (χ0) is 13.6. The number of aliphatic hydroxyl groups excluding tert-OH is 2. The number of benzene rings is 1. The number of halogens is 3. The molecular formula is C12H16F3NO2. The second-order valence-corrected chi connectivity index (χ2v) is 4.00. The van der Waals surface area contributed by atoms with Crippen molar-refractivity contribution in [2.24, 2.45) is 0 Å². The molecule has 3 nitrogen and oxygen atoms in total. The minimum atomic E-state index is -4.63. The van der Waals surface area contributed by atoms with Gasteiger partial charge in [0.05, 0.1) is 6.61 Å². The number of alkyl halides is 3. The molecule has 0 saturated carbocycles. The van der Waals surface area contributed by atoms with Gasteiger partial charge >= 0.3 is 6.18 Å². The zero-order valence-electron chi connectivity index (χ0n) is 9.77. The van der Waals surface area contributed by atoms with Crippen LogP contribution in [0.3, 0.4) is 0 Å². The molecule has 0 aliphatic heterocycles. The fourth-order valence-corrected chi connectivity index (χ4v) is 1.57. The van der Waals surface area contributed by atoms with E-state index in [2.05, 4.69) is 0 Å². The summed E-state index contributed by atoms with van der Waals surface area (Å²) in [6, 6.07) is 8.94. The van der Waals surface area contributed by atoms with Crippen molar-refractivity contribution in [3.05, 3.63) is 35.9 Å². The number of rotatable bonds is 6. The van der Waals surface area contributed by atoms with Gasteiger partial charge in [-0.25, -0.2) is 0 Å². The second kappa shape index (κ2) is 6.72. The first-order chi connectivity index (χ1) is 8.43. The van der Waals surface area contributed by atoms with Crippen LogP contribution in [-0.2, 0) is 6.54 Å². The Kier molecular flexibility index (Phi) is 5.58. The van der Waals surface area contributed by atoms with E-state index in [4.69, 9.17) is 10.2 Å². The number of nitrogens with zero attached hydrogens (tertiary/aromatic N) is 1. The van der Waals surface area contributed by atoms with Crippen LogP contribution in [0.1, 0.15) is 5.56 Å². The Morgan fingerprint density at radius 1 is 1.17 bits per heavy atom. The van der Waals surface area contributed by atoms with Crippen molar-refractivity contribution in [1.29, 1.82) is 0 Å². The zero-order valence-corrected chi connectivity index (χ0v) is 9.77. The van der Waals surface area contributed by atoms with Crippen LogP contribution in [0.4, 0.5) is 13.2 Å². The lowest BCUT2D eigenvalue weighted by atomic mass is 10.2. The predicted molar refractivity (Wildman–Crippen MR) is 60.9 cm³/mol. The Morgan fingerprint density at radius 2 is 1.78 bits per heavy atom. The van der Waals surface area contributed by atoms with Gasteiger partial charge in [0, 0.05) is 19.6 Å². The average Bonchev–Trinajstić information content (AvgIpc) is 2.29. The third-order valence-corrected chi connectivity index (χ3v) is 2.47. The maximum absolute atomic E-state index is 12.2. The topological polar surface area (TPSA) is 43.7 Å². The van der Waals surface area contributed by atoms with Gasteiger partial charge in [-0.1, -0.05) is 30.3 Å². The molecule has 102 valence electrons. The summed E-state index contributed by atoms with van der Waals surface area (Å²) in [5.74, 6) is 0. The highest BCUT2D eigenvalue weighted by atomic mass is 19.4. The Balaban J connectivity index is 2.60. The molecule has 2 N–H and O–H groups in total. The maximum Gasteiger partial charge on any atom is 0.415 e. The van der Waals surface area contributed by atoms with E-state index in [1.807, 2.05) is 6.07 Å². The first-order valence-electron chi connectivity index (χ1n) is 5.55. The summed E-state index contributed by atoms with van der Waals surface area (Å²) < 4.78 is 36.7. The van der Waals surface area contributed by atoms with Crippen molar-refractivity contribution in [2.75, 3.05) is 19.7 Å². The predicted octanol–water partition coefficient (Wildman–Crippen LogP) is 1.40. The first-order valence-corrected chi connectivity index (χ1v) is 5.55. The molecule has 1 atom stereocenters. The fraction of sp³-hybridized carbons (Fsp3) is 0.500. The molecule has 1 aromatic rings. The highest BCUT2D eigenvalue weighted by Crippen LogP contribution is 2.21. The van der Waals surface area contributed by atoms with Crippen LogP contribution < -0.4 is 0 Å². The normalized spacial score (nSPS) is 13.9. The molecule has 18 heavy (non-hydrogen) atoms. The second-order valence-electron chi connectivity index (χ2n) is 4.00. The van der Waals surface area contributed by atoms with Crippen LogP contribution in [-0.4, -0.2) is 47.1 Å². The number of aliphatic hydroxyl groups is 2. The minimum Gasteiger partial charge on any atom is -0.395 e. The Morgan fingerprint density at radius 3 is 2.28 bits per heavy atom. The molecule has 0 saturated heterocycles. The van der Waals surface area contributed by atoms with Crippen LogP contribution in [0.15, 0.2) is 30.3 Å². The summed E-state index contributed by atoms with van der Waals surface area (Å²) in [6.07, 6.45) is -7.03. The molecular weight excluding hydrogens is 247 g/mol. The lowest BCUT2D eigenvalue weighted by Crippen LogP contribution is -2.41. The van der Waals surface area contributed by atoms with Gasteiger partial charge in [0.25, 0.3) is 0 Å². The summed E-state index contributed by atoms with van der Waals surface area (Å²) in [5, 5.41) is 17.8. The maximum atomic E-state index is 12.2. The van der Waals surface area contributed by atoms with Crippen LogP contribution >= 0.6 is 0 Å². The van der Waals surface area contributed by atoms with E-state index in [-0.39, 0.29) is 19.7 Å². The van der Waals surface area contributed by atoms with Gasteiger partial charge in [-0.2, -0.15) is 13.2 Å². The van der Waals surface area contributed by atoms with Crippen LogP contribution in [0.2, 0.25) is 0 Å². The summed E-state index contributed by atoms with van der Waals surface area (Å²) in [5.41, 5.74) is 0.834. The standard InChI is InChI=1S/C12H16F3NO2/c13-12(14,15)11(18)9-16(6-7-17)8-10-4-2-1-3-5-10/h1-5,11,17-18H,6-9H2. The summed E-state index contributed by atoms with van der Waals surface area (Å²) in [6.45, 7) is -0.451. The van der Waals surface area contributed by atoms with Crippen molar-refractivity contribution in [3.8, 4) is 0 Å². The van der Waals surface area contributed by atoms with Crippen LogP contribution in [0.5, 0.6) is 0 Å². The van der Waals surface area contributed by atoms with Crippen LogP contribution in [0, 0.1) is 0 Å². The van der Waals surface area contributed by atoms with E-state index in [0.717, 1.165) is 5.56 Å². The highest BCUT2D eigenvalue weighted by Gasteiger charge is 2.38. The third kappa shape index (κ3) is 5.03. The lowest BCUT2D eigenvalue weighted by Gasteiger charge is -2.25. The summed E-state index contributed by atoms with van der Waals surface area (Å²) in [7, 11) is 0. The van der Waals surface area contributed by atoms with Gasteiger partial charge in [0.15, 0.2) is 6.10 Å². The van der Waals surface area contributed by atoms with Gasteiger partial charge in [0.2, 0.25) is 0 Å². The van der Waals surface area contributed by atoms with Crippen LogP contribution in [0.25, 0.3) is 0 Å². The molecule has 6 heteroatoms. The van der Waals surface area contributed by atoms with E-state index in [1.54, 1.807) is 24.3 Å². The molecule has 0 fully saturated rings. The summed E-state index contributed by atoms with van der Waals surface area (Å²) in [4.78, 5) is 1.37. The minimum absolute atomic E-state index is 0.0854. The summed E-state index contributed by atoms with van der Waals surface area (Å²) >= 11 is 0. The molecule has 0 radical (unpaired) electrons. The highest BCUT2D eigenvalue weighted by molar-refractivity contribution is 5.14. The molecule has 1 unspecified atom stereocenters. The van der Waals surface area contributed by atoms with Gasteiger partial charge in [-0.15, -0.1) is 0 Å². The third-order valence-electron chi connectivity index (χ3n) is 2.47. The van der Waals surface area contributed by atoms with Crippen molar-refractivity contribution in [3.63, 3.8) is 0 Å². The molecule has 0 aliphatic carbocycles. The van der Waals surface area contributed by atoms with Crippen molar-refractivity contribution in [2.45, 2.75) is 18.8 Å². The quantitative estimate of drug-likeness (QED) is 0.815. The smallest absolute Gasteiger partial charge is 0.395 e. The SMILES string of the molecule is OCCN(Cc1ccccc1)CC(O)C(F)(F)F. The molecule has 0 amide bonds. The average molecular weight is 263 g/mol. The van der Waals surface area contributed by atoms with Crippen molar-refractivity contribution >= 4 is 0 Å². The van der Waals surface area contributed by atoms with Crippen molar-refractivity contribution < 1.29 is 23.4 Å². The number of hydrogen-bond donors (Lipinski definition) is 2. The fourth-order valence-electron chi connectivity index (χ4n) is 1.57.